The van der Waals surface area contributed by atoms with E-state index in [1.807, 2.05) is 0 Å². The third-order valence-electron chi connectivity index (χ3n) is 4.54. The summed E-state index contributed by atoms with van der Waals surface area (Å²) in [6.45, 7) is 3.17. The Morgan fingerprint density at radius 3 is 2.70 bits per heavy atom. The molecule has 1 aliphatic rings. The molecule has 0 amide bonds. The third kappa shape index (κ3) is 3.06. The molecule has 1 aromatic carbocycles. The normalized spacial score (nSPS) is 16.9. The maximum atomic E-state index is 11.6. The number of methoxy groups -OCH3 is 1. The van der Waals surface area contributed by atoms with Crippen LogP contribution in [-0.2, 0) is 4.74 Å². The zero-order chi connectivity index (χ0) is 14.6. The quantitative estimate of drug-likeness (QED) is 0.638. The first-order chi connectivity index (χ1) is 9.60. The molecule has 20 heavy (non-hydrogen) atoms. The van der Waals surface area contributed by atoms with Gasteiger partial charge in [0.2, 0.25) is 0 Å². The van der Waals surface area contributed by atoms with Crippen molar-refractivity contribution in [2.24, 2.45) is 5.41 Å². The zero-order valence-corrected chi connectivity index (χ0v) is 12.4. The molecule has 110 valence electrons. The van der Waals surface area contributed by atoms with E-state index in [0.717, 1.165) is 12.2 Å². The second kappa shape index (κ2) is 6.16. The van der Waals surface area contributed by atoms with Crippen LogP contribution in [0.1, 0.15) is 49.4 Å². The predicted octanol–water partition coefficient (Wildman–Crippen LogP) is 3.44. The van der Waals surface area contributed by atoms with E-state index < -0.39 is 0 Å². The fourth-order valence-electron chi connectivity index (χ4n) is 3.02. The third-order valence-corrected chi connectivity index (χ3v) is 4.54. The molecule has 0 aromatic heterocycles. The molecule has 4 nitrogen and oxygen atoms in total. The molecule has 0 unspecified atom stereocenters. The average molecular weight is 276 g/mol. The fourth-order valence-corrected chi connectivity index (χ4v) is 3.02. The Bertz CT molecular complexity index is 479. The first-order valence-corrected chi connectivity index (χ1v) is 7.32. The summed E-state index contributed by atoms with van der Waals surface area (Å²) in [4.78, 5) is 11.6. The molecule has 2 rings (SSSR count). The molecule has 4 heteroatoms. The number of anilines is 2. The lowest BCUT2D eigenvalue weighted by Gasteiger charge is -2.28. The van der Waals surface area contributed by atoms with Crippen molar-refractivity contribution in [3.63, 3.8) is 0 Å². The molecule has 0 bridgehead atoms. The molecule has 0 heterocycles. The van der Waals surface area contributed by atoms with Crippen molar-refractivity contribution >= 4 is 17.3 Å². The standard InChI is InChI=1S/C16H24N2O2/c1-3-16(8-4-5-9-16)11-18-14-10-12(15(19)20-2)6-7-13(14)17/h6-7,10,18H,3-5,8-9,11,17H2,1-2H3. The van der Waals surface area contributed by atoms with Gasteiger partial charge in [-0.05, 0) is 42.9 Å². The minimum absolute atomic E-state index is 0.334. The summed E-state index contributed by atoms with van der Waals surface area (Å²) < 4.78 is 4.74. The lowest BCUT2D eigenvalue weighted by Crippen LogP contribution is -2.26. The Morgan fingerprint density at radius 1 is 1.40 bits per heavy atom. The SMILES string of the molecule is CCC1(CNc2cc(C(=O)OC)ccc2N)CCCC1. The largest absolute Gasteiger partial charge is 0.465 e. The van der Waals surface area contributed by atoms with Crippen LogP contribution in [0.2, 0.25) is 0 Å². The Balaban J connectivity index is 2.10. The van der Waals surface area contributed by atoms with Gasteiger partial charge in [0.25, 0.3) is 0 Å². The first-order valence-electron chi connectivity index (χ1n) is 7.32. The Morgan fingerprint density at radius 2 is 2.10 bits per heavy atom. The zero-order valence-electron chi connectivity index (χ0n) is 12.4. The van der Waals surface area contributed by atoms with Gasteiger partial charge in [-0.3, -0.25) is 0 Å². The van der Waals surface area contributed by atoms with Gasteiger partial charge in [0.1, 0.15) is 0 Å². The number of carbonyl (C=O) groups is 1. The van der Waals surface area contributed by atoms with Crippen LogP contribution in [0.3, 0.4) is 0 Å². The number of nitrogen functional groups attached to an aromatic ring is 1. The van der Waals surface area contributed by atoms with Crippen LogP contribution in [0.15, 0.2) is 18.2 Å². The van der Waals surface area contributed by atoms with Crippen molar-refractivity contribution in [1.29, 1.82) is 0 Å². The number of hydrogen-bond acceptors (Lipinski definition) is 4. The molecule has 1 aromatic rings. The molecule has 1 saturated carbocycles. The molecular weight excluding hydrogens is 252 g/mol. The number of nitrogens with one attached hydrogen (secondary N) is 1. The van der Waals surface area contributed by atoms with Gasteiger partial charge in [-0.1, -0.05) is 19.8 Å². The van der Waals surface area contributed by atoms with Crippen molar-refractivity contribution in [3.8, 4) is 0 Å². The first kappa shape index (κ1) is 14.7. The van der Waals surface area contributed by atoms with Crippen molar-refractivity contribution in [1.82, 2.24) is 0 Å². The van der Waals surface area contributed by atoms with E-state index >= 15 is 0 Å². The number of nitrogens with two attached hydrogens (primary N) is 1. The van der Waals surface area contributed by atoms with E-state index in [0.29, 0.717) is 16.7 Å². The van der Waals surface area contributed by atoms with Crippen LogP contribution >= 0.6 is 0 Å². The van der Waals surface area contributed by atoms with Crippen molar-refractivity contribution in [2.45, 2.75) is 39.0 Å². The van der Waals surface area contributed by atoms with Crippen LogP contribution < -0.4 is 11.1 Å². The highest BCUT2D eigenvalue weighted by atomic mass is 16.5. The van der Waals surface area contributed by atoms with Crippen LogP contribution in [0, 0.1) is 5.41 Å². The summed E-state index contributed by atoms with van der Waals surface area (Å²) in [7, 11) is 1.39. The summed E-state index contributed by atoms with van der Waals surface area (Å²) in [5.41, 5.74) is 8.39. The van der Waals surface area contributed by atoms with Gasteiger partial charge in [0.15, 0.2) is 0 Å². The number of esters is 1. The number of ether oxygens (including phenoxy) is 1. The number of rotatable bonds is 5. The molecule has 1 fully saturated rings. The van der Waals surface area contributed by atoms with Gasteiger partial charge in [0, 0.05) is 6.54 Å². The lowest BCUT2D eigenvalue weighted by molar-refractivity contribution is 0.0601. The van der Waals surface area contributed by atoms with E-state index in [9.17, 15) is 4.79 Å². The monoisotopic (exact) mass is 276 g/mol. The van der Waals surface area contributed by atoms with Gasteiger partial charge in [0.05, 0.1) is 24.0 Å². The molecule has 0 saturated heterocycles. The lowest BCUT2D eigenvalue weighted by atomic mass is 9.83. The smallest absolute Gasteiger partial charge is 0.337 e. The summed E-state index contributed by atoms with van der Waals surface area (Å²) in [5, 5.41) is 3.43. The number of carbonyl (C=O) groups excluding carboxylic acids is 1. The van der Waals surface area contributed by atoms with E-state index in [-0.39, 0.29) is 5.97 Å². The van der Waals surface area contributed by atoms with E-state index in [1.54, 1.807) is 18.2 Å². The van der Waals surface area contributed by atoms with Gasteiger partial charge in [-0.25, -0.2) is 4.79 Å². The topological polar surface area (TPSA) is 64.3 Å². The maximum Gasteiger partial charge on any atom is 0.337 e. The number of hydrogen-bond donors (Lipinski definition) is 2. The second-order valence-corrected chi connectivity index (χ2v) is 5.71. The number of benzene rings is 1. The highest BCUT2D eigenvalue weighted by Gasteiger charge is 2.31. The van der Waals surface area contributed by atoms with Gasteiger partial charge in [-0.2, -0.15) is 0 Å². The van der Waals surface area contributed by atoms with Crippen LogP contribution in [0.4, 0.5) is 11.4 Å². The van der Waals surface area contributed by atoms with Crippen LogP contribution in [-0.4, -0.2) is 19.6 Å². The molecule has 3 N–H and O–H groups in total. The molecule has 0 radical (unpaired) electrons. The van der Waals surface area contributed by atoms with E-state index in [1.165, 1.54) is 39.2 Å². The minimum atomic E-state index is -0.334. The Labute approximate surface area is 120 Å². The summed E-state index contributed by atoms with van der Waals surface area (Å²) in [6, 6.07) is 5.22. The highest BCUT2D eigenvalue weighted by Crippen LogP contribution is 2.41. The minimum Gasteiger partial charge on any atom is -0.465 e. The Hall–Kier alpha value is -1.71. The van der Waals surface area contributed by atoms with E-state index in [2.05, 4.69) is 12.2 Å². The maximum absolute atomic E-state index is 11.6. The Kier molecular flexibility index (Phi) is 4.53. The summed E-state index contributed by atoms with van der Waals surface area (Å²) in [6.07, 6.45) is 6.34. The summed E-state index contributed by atoms with van der Waals surface area (Å²) in [5.74, 6) is -0.334. The highest BCUT2D eigenvalue weighted by molar-refractivity contribution is 5.91. The molecule has 0 spiro atoms. The molecule has 0 aliphatic heterocycles. The second-order valence-electron chi connectivity index (χ2n) is 5.71. The molecule has 0 atom stereocenters. The van der Waals surface area contributed by atoms with Crippen LogP contribution in [0.5, 0.6) is 0 Å². The average Bonchev–Trinajstić information content (AvgIpc) is 2.95. The van der Waals surface area contributed by atoms with Crippen molar-refractivity contribution in [2.75, 3.05) is 24.7 Å². The van der Waals surface area contributed by atoms with Crippen molar-refractivity contribution in [3.05, 3.63) is 23.8 Å². The van der Waals surface area contributed by atoms with E-state index in [4.69, 9.17) is 10.5 Å². The van der Waals surface area contributed by atoms with Crippen molar-refractivity contribution < 1.29 is 9.53 Å². The van der Waals surface area contributed by atoms with Gasteiger partial charge >= 0.3 is 5.97 Å². The summed E-state index contributed by atoms with van der Waals surface area (Å²) >= 11 is 0. The fraction of sp³-hybridized carbons (Fsp3) is 0.562. The molecular formula is C16H24N2O2. The van der Waals surface area contributed by atoms with Gasteiger partial charge in [-0.15, -0.1) is 0 Å². The van der Waals surface area contributed by atoms with Gasteiger partial charge < -0.3 is 15.8 Å². The predicted molar refractivity (Wildman–Crippen MR) is 81.9 cm³/mol. The van der Waals surface area contributed by atoms with Crippen LogP contribution in [0.25, 0.3) is 0 Å². The molecule has 1 aliphatic carbocycles.